The minimum atomic E-state index is -2.49. The van der Waals surface area contributed by atoms with E-state index in [1.807, 2.05) is 6.07 Å². The molecule has 1 amide bonds. The molecular weight excluding hydrogens is 314 g/mol. The van der Waals surface area contributed by atoms with Gasteiger partial charge in [0, 0.05) is 6.54 Å². The summed E-state index contributed by atoms with van der Waals surface area (Å²) in [5.41, 5.74) is 0.817. The van der Waals surface area contributed by atoms with Crippen LogP contribution in [-0.2, 0) is 11.3 Å². The van der Waals surface area contributed by atoms with E-state index < -0.39 is 13.0 Å². The van der Waals surface area contributed by atoms with Crippen LogP contribution >= 0.6 is 12.4 Å². The number of halogens is 3. The summed E-state index contributed by atoms with van der Waals surface area (Å²) in [4.78, 5) is 11.6. The molecule has 1 saturated carbocycles. The maximum atomic E-state index is 12.1. The molecule has 124 valence electrons. The first-order chi connectivity index (χ1) is 10.1. The Hall–Kier alpha value is -1.40. The lowest BCUT2D eigenvalue weighted by Crippen LogP contribution is -2.34. The fourth-order valence-corrected chi connectivity index (χ4v) is 1.88. The Bertz CT molecular complexity index is 471. The van der Waals surface area contributed by atoms with Gasteiger partial charge in [0.1, 0.15) is 12.4 Å². The molecule has 2 rings (SSSR count). The molecule has 1 aliphatic carbocycles. The van der Waals surface area contributed by atoms with Crippen LogP contribution in [0, 0.1) is 5.92 Å². The standard InChI is InChI=1S/C15H20F2N2O2.ClH/c16-14(17)10-21-13-3-1-2-12(6-13)8-19-15(20)9-18-7-11-4-5-11;/h1-3,6,11,14,18H,4-5,7-10H2,(H,19,20);1H. The summed E-state index contributed by atoms with van der Waals surface area (Å²) >= 11 is 0. The summed E-state index contributed by atoms with van der Waals surface area (Å²) < 4.78 is 29.1. The SMILES string of the molecule is Cl.O=C(CNCC1CC1)NCc1cccc(OCC(F)F)c1. The zero-order valence-corrected chi connectivity index (χ0v) is 13.0. The van der Waals surface area contributed by atoms with Gasteiger partial charge in [0.05, 0.1) is 6.54 Å². The van der Waals surface area contributed by atoms with Gasteiger partial charge >= 0.3 is 0 Å². The normalized spacial score (nSPS) is 13.6. The van der Waals surface area contributed by atoms with Crippen molar-refractivity contribution in [3.63, 3.8) is 0 Å². The van der Waals surface area contributed by atoms with Gasteiger partial charge in [-0.3, -0.25) is 4.79 Å². The summed E-state index contributed by atoms with van der Waals surface area (Å²) in [7, 11) is 0. The molecule has 4 nitrogen and oxygen atoms in total. The van der Waals surface area contributed by atoms with Crippen LogP contribution in [0.5, 0.6) is 5.75 Å². The van der Waals surface area contributed by atoms with Gasteiger partial charge in [0.15, 0.2) is 0 Å². The van der Waals surface area contributed by atoms with Crippen LogP contribution in [0.2, 0.25) is 0 Å². The molecule has 0 saturated heterocycles. The van der Waals surface area contributed by atoms with Crippen LogP contribution in [0.15, 0.2) is 24.3 Å². The first-order valence-electron chi connectivity index (χ1n) is 7.11. The van der Waals surface area contributed by atoms with E-state index in [1.165, 1.54) is 12.8 Å². The minimum absolute atomic E-state index is 0. The monoisotopic (exact) mass is 334 g/mol. The number of rotatable bonds is 9. The van der Waals surface area contributed by atoms with Gasteiger partial charge in [-0.2, -0.15) is 0 Å². The zero-order chi connectivity index (χ0) is 15.1. The van der Waals surface area contributed by atoms with E-state index in [9.17, 15) is 13.6 Å². The molecule has 0 atom stereocenters. The average molecular weight is 335 g/mol. The highest BCUT2D eigenvalue weighted by molar-refractivity contribution is 5.85. The van der Waals surface area contributed by atoms with Crippen molar-refractivity contribution >= 4 is 18.3 Å². The highest BCUT2D eigenvalue weighted by Crippen LogP contribution is 2.27. The summed E-state index contributed by atoms with van der Waals surface area (Å²) in [5, 5.41) is 5.89. The molecule has 1 fully saturated rings. The Morgan fingerprint density at radius 2 is 2.14 bits per heavy atom. The molecule has 0 bridgehead atoms. The number of nitrogens with one attached hydrogen (secondary N) is 2. The van der Waals surface area contributed by atoms with Crippen molar-refractivity contribution in [2.24, 2.45) is 5.92 Å². The highest BCUT2D eigenvalue weighted by Gasteiger charge is 2.20. The molecule has 22 heavy (non-hydrogen) atoms. The molecule has 0 spiro atoms. The van der Waals surface area contributed by atoms with E-state index in [1.54, 1.807) is 18.2 Å². The molecule has 0 heterocycles. The van der Waals surface area contributed by atoms with Crippen LogP contribution < -0.4 is 15.4 Å². The number of hydrogen-bond acceptors (Lipinski definition) is 3. The van der Waals surface area contributed by atoms with Crippen molar-refractivity contribution < 1.29 is 18.3 Å². The molecule has 0 radical (unpaired) electrons. The second-order valence-electron chi connectivity index (χ2n) is 5.20. The summed E-state index contributed by atoms with van der Waals surface area (Å²) in [6.45, 7) is 0.930. The first kappa shape index (κ1) is 18.6. The molecule has 1 aromatic rings. The van der Waals surface area contributed by atoms with E-state index in [0.717, 1.165) is 18.0 Å². The van der Waals surface area contributed by atoms with Gasteiger partial charge in [-0.15, -0.1) is 12.4 Å². The maximum Gasteiger partial charge on any atom is 0.272 e. The minimum Gasteiger partial charge on any atom is -0.488 e. The number of amides is 1. The molecule has 1 aliphatic rings. The zero-order valence-electron chi connectivity index (χ0n) is 12.2. The molecule has 0 aromatic heterocycles. The van der Waals surface area contributed by atoms with Crippen LogP contribution in [0.25, 0.3) is 0 Å². The van der Waals surface area contributed by atoms with Gasteiger partial charge in [-0.25, -0.2) is 8.78 Å². The number of alkyl halides is 2. The van der Waals surface area contributed by atoms with Crippen molar-refractivity contribution in [2.45, 2.75) is 25.8 Å². The summed E-state index contributed by atoms with van der Waals surface area (Å²) in [6.07, 6.45) is 0.00552. The Balaban J connectivity index is 0.00000242. The van der Waals surface area contributed by atoms with Gasteiger partial charge < -0.3 is 15.4 Å². The molecule has 2 N–H and O–H groups in total. The van der Waals surface area contributed by atoms with Crippen LogP contribution in [0.1, 0.15) is 18.4 Å². The lowest BCUT2D eigenvalue weighted by atomic mass is 10.2. The van der Waals surface area contributed by atoms with E-state index in [-0.39, 0.29) is 18.3 Å². The van der Waals surface area contributed by atoms with Gasteiger partial charge in [0.2, 0.25) is 5.91 Å². The quantitative estimate of drug-likeness (QED) is 0.729. The summed E-state index contributed by atoms with van der Waals surface area (Å²) in [6, 6.07) is 6.80. The predicted octanol–water partition coefficient (Wildman–Crippen LogP) is 2.37. The number of hydrogen-bond donors (Lipinski definition) is 2. The number of carbonyl (C=O) groups excluding carboxylic acids is 1. The number of benzene rings is 1. The van der Waals surface area contributed by atoms with E-state index in [2.05, 4.69) is 10.6 Å². The van der Waals surface area contributed by atoms with Gasteiger partial charge in [-0.1, -0.05) is 12.1 Å². The third-order valence-electron chi connectivity index (χ3n) is 3.18. The van der Waals surface area contributed by atoms with Crippen molar-refractivity contribution in [3.8, 4) is 5.75 Å². The lowest BCUT2D eigenvalue weighted by Gasteiger charge is -2.09. The van der Waals surface area contributed by atoms with Crippen molar-refractivity contribution in [1.82, 2.24) is 10.6 Å². The Morgan fingerprint density at radius 1 is 1.36 bits per heavy atom. The lowest BCUT2D eigenvalue weighted by molar-refractivity contribution is -0.120. The number of ether oxygens (including phenoxy) is 1. The van der Waals surface area contributed by atoms with Gasteiger partial charge in [-0.05, 0) is 43.0 Å². The first-order valence-corrected chi connectivity index (χ1v) is 7.11. The summed E-state index contributed by atoms with van der Waals surface area (Å²) in [5.74, 6) is 1.05. The predicted molar refractivity (Wildman–Crippen MR) is 82.6 cm³/mol. The molecule has 1 aromatic carbocycles. The van der Waals surface area contributed by atoms with Crippen molar-refractivity contribution in [1.29, 1.82) is 0 Å². The largest absolute Gasteiger partial charge is 0.488 e. The Labute approximate surface area is 135 Å². The molecule has 0 unspecified atom stereocenters. The third-order valence-corrected chi connectivity index (χ3v) is 3.18. The molecular formula is C15H21ClF2N2O2. The second-order valence-corrected chi connectivity index (χ2v) is 5.20. The van der Waals surface area contributed by atoms with Crippen LogP contribution in [0.3, 0.4) is 0 Å². The molecule has 7 heteroatoms. The van der Waals surface area contributed by atoms with Crippen molar-refractivity contribution in [2.75, 3.05) is 19.7 Å². The Kier molecular flexibility index (Phi) is 8.12. The molecule has 0 aliphatic heterocycles. The smallest absolute Gasteiger partial charge is 0.272 e. The van der Waals surface area contributed by atoms with Crippen LogP contribution in [-0.4, -0.2) is 32.0 Å². The topological polar surface area (TPSA) is 50.4 Å². The fourth-order valence-electron chi connectivity index (χ4n) is 1.88. The maximum absolute atomic E-state index is 12.1. The van der Waals surface area contributed by atoms with E-state index >= 15 is 0 Å². The van der Waals surface area contributed by atoms with E-state index in [4.69, 9.17) is 4.74 Å². The van der Waals surface area contributed by atoms with Crippen LogP contribution in [0.4, 0.5) is 8.78 Å². The number of carbonyl (C=O) groups is 1. The average Bonchev–Trinajstić information content (AvgIpc) is 3.28. The highest BCUT2D eigenvalue weighted by atomic mass is 35.5. The van der Waals surface area contributed by atoms with Gasteiger partial charge in [0.25, 0.3) is 6.43 Å². The van der Waals surface area contributed by atoms with Crippen molar-refractivity contribution in [3.05, 3.63) is 29.8 Å². The Morgan fingerprint density at radius 3 is 2.82 bits per heavy atom. The fraction of sp³-hybridized carbons (Fsp3) is 0.533. The second kappa shape index (κ2) is 9.58. The third kappa shape index (κ3) is 7.56. The van der Waals surface area contributed by atoms with E-state index in [0.29, 0.717) is 18.8 Å².